The van der Waals surface area contributed by atoms with Gasteiger partial charge in [0.05, 0.1) is 13.7 Å². The maximum atomic E-state index is 5.79. The minimum absolute atomic E-state index is 0. The summed E-state index contributed by atoms with van der Waals surface area (Å²) in [5.74, 6) is 1.67. The van der Waals surface area contributed by atoms with Crippen molar-refractivity contribution in [3.05, 3.63) is 58.9 Å². The topological polar surface area (TPSA) is 58.5 Å². The summed E-state index contributed by atoms with van der Waals surface area (Å²) in [6, 6.07) is 11.8. The minimum Gasteiger partial charge on any atom is -0.497 e. The number of aliphatic imine (C=N–C) groups is 1. The van der Waals surface area contributed by atoms with Crippen molar-refractivity contribution in [1.29, 1.82) is 0 Å². The molecule has 0 bridgehead atoms. The highest BCUT2D eigenvalue weighted by Gasteiger charge is 1.99. The number of hydrogen-bond donors (Lipinski definition) is 2. The van der Waals surface area contributed by atoms with Gasteiger partial charge in [-0.1, -0.05) is 29.8 Å². The van der Waals surface area contributed by atoms with E-state index < -0.39 is 0 Å². The largest absolute Gasteiger partial charge is 0.497 e. The number of pyridine rings is 1. The average molecular weight is 475 g/mol. The molecule has 2 rings (SSSR count). The second-order valence-corrected chi connectivity index (χ2v) is 5.60. The van der Waals surface area contributed by atoms with Crippen LogP contribution in [0.1, 0.15) is 18.1 Å². The first kappa shape index (κ1) is 21.5. The number of aromatic nitrogens is 1. The molecule has 0 spiro atoms. The Labute approximate surface area is 171 Å². The lowest BCUT2D eigenvalue weighted by Crippen LogP contribution is -2.38. The van der Waals surface area contributed by atoms with E-state index in [9.17, 15) is 0 Å². The van der Waals surface area contributed by atoms with Crippen molar-refractivity contribution in [2.75, 3.05) is 20.2 Å². The smallest absolute Gasteiger partial charge is 0.191 e. The first-order valence-electron chi connectivity index (χ1n) is 7.97. The molecule has 2 N–H and O–H groups in total. The third-order valence-corrected chi connectivity index (χ3v) is 3.64. The fraction of sp³-hybridized carbons (Fsp3) is 0.333. The number of halogens is 2. The number of guanidine groups is 1. The molecule has 0 aliphatic heterocycles. The zero-order valence-electron chi connectivity index (χ0n) is 14.5. The second-order valence-electron chi connectivity index (χ2n) is 5.21. The monoisotopic (exact) mass is 474 g/mol. The van der Waals surface area contributed by atoms with Crippen molar-refractivity contribution in [2.24, 2.45) is 4.99 Å². The minimum atomic E-state index is 0. The Morgan fingerprint density at radius 3 is 2.44 bits per heavy atom. The summed E-state index contributed by atoms with van der Waals surface area (Å²) in [6.07, 6.45) is 2.66. The van der Waals surface area contributed by atoms with Crippen molar-refractivity contribution >= 4 is 41.5 Å². The van der Waals surface area contributed by atoms with Gasteiger partial charge in [-0.15, -0.1) is 24.0 Å². The molecule has 7 heteroatoms. The summed E-state index contributed by atoms with van der Waals surface area (Å²) in [6.45, 7) is 4.22. The Morgan fingerprint density at radius 1 is 1.12 bits per heavy atom. The summed E-state index contributed by atoms with van der Waals surface area (Å²) in [7, 11) is 1.67. The SMILES string of the molecule is CCNC(=NCc1ccc(Cl)nc1)NCCc1ccc(OC)cc1.I. The van der Waals surface area contributed by atoms with Crippen molar-refractivity contribution < 1.29 is 4.74 Å². The van der Waals surface area contributed by atoms with Gasteiger partial charge in [0.1, 0.15) is 10.9 Å². The highest BCUT2D eigenvalue weighted by atomic mass is 127. The molecule has 0 saturated carbocycles. The zero-order valence-corrected chi connectivity index (χ0v) is 17.5. The molecule has 0 aliphatic rings. The molecule has 0 radical (unpaired) electrons. The van der Waals surface area contributed by atoms with Crippen LogP contribution in [-0.2, 0) is 13.0 Å². The van der Waals surface area contributed by atoms with Crippen LogP contribution in [-0.4, -0.2) is 31.1 Å². The molecule has 0 atom stereocenters. The third kappa shape index (κ3) is 7.92. The number of ether oxygens (including phenoxy) is 1. The maximum absolute atomic E-state index is 5.79. The number of rotatable bonds is 7. The van der Waals surface area contributed by atoms with Gasteiger partial charge in [0.2, 0.25) is 0 Å². The zero-order chi connectivity index (χ0) is 17.2. The molecule has 25 heavy (non-hydrogen) atoms. The van der Waals surface area contributed by atoms with Crippen LogP contribution >= 0.6 is 35.6 Å². The van der Waals surface area contributed by atoms with E-state index >= 15 is 0 Å². The van der Waals surface area contributed by atoms with Crippen LogP contribution in [0, 0.1) is 0 Å². The van der Waals surface area contributed by atoms with Gasteiger partial charge < -0.3 is 15.4 Å². The van der Waals surface area contributed by atoms with Gasteiger partial charge in [0, 0.05) is 19.3 Å². The highest BCUT2D eigenvalue weighted by molar-refractivity contribution is 14.0. The molecule has 2 aromatic rings. The molecule has 1 aromatic heterocycles. The molecule has 0 saturated heterocycles. The molecule has 1 heterocycles. The normalized spacial score (nSPS) is 10.8. The Hall–Kier alpha value is -1.54. The van der Waals surface area contributed by atoms with E-state index in [1.165, 1.54) is 5.56 Å². The van der Waals surface area contributed by atoms with E-state index in [-0.39, 0.29) is 24.0 Å². The summed E-state index contributed by atoms with van der Waals surface area (Å²) >= 11 is 5.79. The number of benzene rings is 1. The van der Waals surface area contributed by atoms with Crippen LogP contribution in [0.5, 0.6) is 5.75 Å². The van der Waals surface area contributed by atoms with E-state index in [4.69, 9.17) is 16.3 Å². The maximum Gasteiger partial charge on any atom is 0.191 e. The van der Waals surface area contributed by atoms with Crippen LogP contribution in [0.3, 0.4) is 0 Å². The van der Waals surface area contributed by atoms with Gasteiger partial charge in [-0.2, -0.15) is 0 Å². The number of nitrogens with zero attached hydrogens (tertiary/aromatic N) is 2. The predicted molar refractivity (Wildman–Crippen MR) is 114 cm³/mol. The first-order valence-corrected chi connectivity index (χ1v) is 8.34. The first-order chi connectivity index (χ1) is 11.7. The Kier molecular flexibility index (Phi) is 10.3. The van der Waals surface area contributed by atoms with Crippen LogP contribution in [0.25, 0.3) is 0 Å². The van der Waals surface area contributed by atoms with E-state index in [0.29, 0.717) is 11.7 Å². The van der Waals surface area contributed by atoms with Gasteiger partial charge in [0.15, 0.2) is 5.96 Å². The molecule has 0 fully saturated rings. The van der Waals surface area contributed by atoms with Gasteiger partial charge in [-0.25, -0.2) is 9.98 Å². The van der Waals surface area contributed by atoms with Gasteiger partial charge in [-0.05, 0) is 42.7 Å². The lowest BCUT2D eigenvalue weighted by Gasteiger charge is -2.11. The lowest BCUT2D eigenvalue weighted by molar-refractivity contribution is 0.414. The van der Waals surface area contributed by atoms with E-state index in [1.54, 1.807) is 19.4 Å². The van der Waals surface area contributed by atoms with Crippen LogP contribution in [0.4, 0.5) is 0 Å². The van der Waals surface area contributed by atoms with E-state index in [0.717, 1.165) is 36.8 Å². The number of nitrogens with one attached hydrogen (secondary N) is 2. The fourth-order valence-corrected chi connectivity index (χ4v) is 2.24. The summed E-state index contributed by atoms with van der Waals surface area (Å²) < 4.78 is 5.17. The summed E-state index contributed by atoms with van der Waals surface area (Å²) in [5.41, 5.74) is 2.27. The quantitative estimate of drug-likeness (QED) is 0.278. The van der Waals surface area contributed by atoms with Crippen LogP contribution in [0.2, 0.25) is 5.15 Å². The molecule has 136 valence electrons. The molecule has 0 amide bonds. The highest BCUT2D eigenvalue weighted by Crippen LogP contribution is 2.11. The molecule has 5 nitrogen and oxygen atoms in total. The van der Waals surface area contributed by atoms with Gasteiger partial charge in [-0.3, -0.25) is 0 Å². The lowest BCUT2D eigenvalue weighted by atomic mass is 10.1. The number of methoxy groups -OCH3 is 1. The van der Waals surface area contributed by atoms with Crippen molar-refractivity contribution in [2.45, 2.75) is 19.9 Å². The molecule has 0 aliphatic carbocycles. The Balaban J connectivity index is 0.00000312. The molecule has 1 aromatic carbocycles. The molecular weight excluding hydrogens is 451 g/mol. The van der Waals surface area contributed by atoms with Crippen molar-refractivity contribution in [3.8, 4) is 5.75 Å². The molecule has 0 unspecified atom stereocenters. The van der Waals surface area contributed by atoms with Gasteiger partial charge >= 0.3 is 0 Å². The average Bonchev–Trinajstić information content (AvgIpc) is 2.61. The predicted octanol–water partition coefficient (Wildman–Crippen LogP) is 3.66. The number of hydrogen-bond acceptors (Lipinski definition) is 3. The van der Waals surface area contributed by atoms with Crippen molar-refractivity contribution in [3.63, 3.8) is 0 Å². The Bertz CT molecular complexity index is 647. The van der Waals surface area contributed by atoms with E-state index in [1.807, 2.05) is 25.1 Å². The Morgan fingerprint density at radius 2 is 1.84 bits per heavy atom. The fourth-order valence-electron chi connectivity index (χ4n) is 2.13. The van der Waals surface area contributed by atoms with Gasteiger partial charge in [0.25, 0.3) is 0 Å². The van der Waals surface area contributed by atoms with Crippen molar-refractivity contribution in [1.82, 2.24) is 15.6 Å². The third-order valence-electron chi connectivity index (χ3n) is 3.42. The van der Waals surface area contributed by atoms with E-state index in [2.05, 4.69) is 32.7 Å². The molecular formula is C18H24ClIN4O. The standard InChI is InChI=1S/C18H23ClN4O.HI/c1-3-20-18(23-13-15-6-9-17(19)22-12-15)21-11-10-14-4-7-16(24-2)8-5-14;/h4-9,12H,3,10-11,13H2,1-2H3,(H2,20,21,23);1H. The second kappa shape index (κ2) is 11.9. The van der Waals surface area contributed by atoms with Crippen LogP contribution in [0.15, 0.2) is 47.6 Å². The summed E-state index contributed by atoms with van der Waals surface area (Å²) in [4.78, 5) is 8.63. The summed E-state index contributed by atoms with van der Waals surface area (Å²) in [5, 5.41) is 7.07. The van der Waals surface area contributed by atoms with Crippen LogP contribution < -0.4 is 15.4 Å².